The van der Waals surface area contributed by atoms with Crippen LogP contribution in [-0.4, -0.2) is 63.9 Å². The van der Waals surface area contributed by atoms with Crippen LogP contribution in [0, 0.1) is 0 Å². The van der Waals surface area contributed by atoms with Crippen molar-refractivity contribution in [3.63, 3.8) is 0 Å². The molecule has 0 atom stereocenters. The largest absolute Gasteiger partial charge is 0.492 e. The van der Waals surface area contributed by atoms with Gasteiger partial charge in [-0.15, -0.1) is 0 Å². The monoisotopic (exact) mass is 397 g/mol. The number of aryl methyl sites for hydroxylation is 1. The van der Waals surface area contributed by atoms with Gasteiger partial charge in [-0.1, -0.05) is 0 Å². The van der Waals surface area contributed by atoms with Crippen molar-refractivity contribution in [3.8, 4) is 5.75 Å². The summed E-state index contributed by atoms with van der Waals surface area (Å²) in [7, 11) is 3.86. The average Bonchev–Trinajstić information content (AvgIpc) is 2.87. The molecular weight excluding hydrogens is 370 g/mol. The van der Waals surface area contributed by atoms with Crippen molar-refractivity contribution in [2.75, 3.05) is 50.2 Å². The molecule has 1 aromatic carbocycles. The smallest absolute Gasteiger partial charge is 0.349 e. The number of imidazole rings is 1. The second-order valence-corrected chi connectivity index (χ2v) is 7.28. The number of likely N-dealkylation sites (N-methyl/N-ethyl adjacent to an activating group) is 1. The molecule has 9 nitrogen and oxygen atoms in total. The maximum absolute atomic E-state index is 12.7. The Labute approximate surface area is 169 Å². The number of nitrogens with one attached hydrogen (secondary N) is 1. The highest BCUT2D eigenvalue weighted by atomic mass is 16.5. The summed E-state index contributed by atoms with van der Waals surface area (Å²) in [4.78, 5) is 25.7. The van der Waals surface area contributed by atoms with Gasteiger partial charge in [-0.2, -0.15) is 4.68 Å². The lowest BCUT2D eigenvalue weighted by Crippen LogP contribution is -2.29. The van der Waals surface area contributed by atoms with Gasteiger partial charge in [0.15, 0.2) is 5.65 Å². The maximum atomic E-state index is 12.7. The van der Waals surface area contributed by atoms with Crippen molar-refractivity contribution in [2.45, 2.75) is 13.3 Å². The molecule has 1 N–H and O–H groups in total. The van der Waals surface area contributed by atoms with E-state index in [1.54, 1.807) is 13.2 Å². The molecule has 9 heteroatoms. The predicted octanol–water partition coefficient (Wildman–Crippen LogP) is 1.55. The summed E-state index contributed by atoms with van der Waals surface area (Å²) in [5.74, 6) is 0.709. The molecule has 1 aliphatic heterocycles. The van der Waals surface area contributed by atoms with E-state index in [1.165, 1.54) is 15.6 Å². The third-order valence-electron chi connectivity index (χ3n) is 5.31. The highest BCUT2D eigenvalue weighted by Gasteiger charge is 2.17. The van der Waals surface area contributed by atoms with E-state index in [4.69, 9.17) is 4.74 Å². The minimum absolute atomic E-state index is 0.220. The van der Waals surface area contributed by atoms with Gasteiger partial charge in [-0.3, -0.25) is 9.99 Å². The fourth-order valence-electron chi connectivity index (χ4n) is 3.67. The van der Waals surface area contributed by atoms with E-state index in [9.17, 15) is 4.79 Å². The fraction of sp³-hybridized carbons (Fsp3) is 0.450. The van der Waals surface area contributed by atoms with Gasteiger partial charge in [0.05, 0.1) is 18.5 Å². The molecule has 3 heterocycles. The second-order valence-electron chi connectivity index (χ2n) is 7.28. The van der Waals surface area contributed by atoms with Gasteiger partial charge in [-0.25, -0.2) is 14.8 Å². The summed E-state index contributed by atoms with van der Waals surface area (Å²) in [6, 6.07) is 6.07. The van der Waals surface area contributed by atoms with Crippen LogP contribution in [0.5, 0.6) is 5.75 Å². The van der Waals surface area contributed by atoms with Crippen molar-refractivity contribution >= 4 is 22.5 Å². The molecule has 0 aliphatic carbocycles. The first-order chi connectivity index (χ1) is 14.1. The first-order valence-electron chi connectivity index (χ1n) is 9.93. The van der Waals surface area contributed by atoms with Crippen molar-refractivity contribution in [3.05, 3.63) is 41.2 Å². The zero-order chi connectivity index (χ0) is 20.4. The van der Waals surface area contributed by atoms with Crippen LogP contribution in [0.1, 0.15) is 13.3 Å². The van der Waals surface area contributed by atoms with Crippen molar-refractivity contribution in [2.24, 2.45) is 7.05 Å². The first kappa shape index (κ1) is 19.3. The summed E-state index contributed by atoms with van der Waals surface area (Å²) in [5, 5.41) is 0. The van der Waals surface area contributed by atoms with E-state index in [2.05, 4.69) is 38.3 Å². The van der Waals surface area contributed by atoms with Crippen molar-refractivity contribution in [1.29, 1.82) is 0 Å². The SMILES string of the molecule is CCOc1cc(N2CCCN(C)CC2)ccc1Nn1c(=O)n(C)c2cncnc21. The number of aromatic nitrogens is 4. The van der Waals surface area contributed by atoms with Crippen LogP contribution >= 0.6 is 0 Å². The molecular formula is C20H27N7O2. The number of hydrogen-bond donors (Lipinski definition) is 1. The minimum Gasteiger partial charge on any atom is -0.492 e. The van der Waals surface area contributed by atoms with Crippen LogP contribution in [0.4, 0.5) is 11.4 Å². The summed E-state index contributed by atoms with van der Waals surface area (Å²) in [5.41, 5.74) is 5.99. The molecule has 4 rings (SSSR count). The Kier molecular flexibility index (Phi) is 5.39. The lowest BCUT2D eigenvalue weighted by Gasteiger charge is -2.24. The summed E-state index contributed by atoms with van der Waals surface area (Å²) in [6.45, 7) is 6.63. The molecule has 0 amide bonds. The highest BCUT2D eigenvalue weighted by Crippen LogP contribution is 2.31. The predicted molar refractivity (Wildman–Crippen MR) is 114 cm³/mol. The molecule has 0 unspecified atom stereocenters. The van der Waals surface area contributed by atoms with Crippen LogP contribution in [0.3, 0.4) is 0 Å². The molecule has 0 bridgehead atoms. The Bertz CT molecular complexity index is 1060. The van der Waals surface area contributed by atoms with Crippen LogP contribution in [0.25, 0.3) is 11.2 Å². The van der Waals surface area contributed by atoms with Gasteiger partial charge in [0.2, 0.25) is 0 Å². The van der Waals surface area contributed by atoms with Crippen molar-refractivity contribution < 1.29 is 4.74 Å². The summed E-state index contributed by atoms with van der Waals surface area (Å²) in [6.07, 6.45) is 4.19. The molecule has 2 aromatic heterocycles. The number of anilines is 2. The van der Waals surface area contributed by atoms with Crippen LogP contribution < -0.4 is 20.8 Å². The second kappa shape index (κ2) is 8.12. The number of hydrogen-bond acceptors (Lipinski definition) is 7. The van der Waals surface area contributed by atoms with Gasteiger partial charge in [0.25, 0.3) is 0 Å². The van der Waals surface area contributed by atoms with Gasteiger partial charge < -0.3 is 14.5 Å². The number of benzene rings is 1. The lowest BCUT2D eigenvalue weighted by atomic mass is 10.2. The first-order valence-corrected chi connectivity index (χ1v) is 9.93. The average molecular weight is 397 g/mol. The molecule has 0 saturated carbocycles. The van der Waals surface area contributed by atoms with E-state index < -0.39 is 0 Å². The maximum Gasteiger partial charge on any atom is 0.349 e. The molecule has 29 heavy (non-hydrogen) atoms. The van der Waals surface area contributed by atoms with Crippen molar-refractivity contribution in [1.82, 2.24) is 24.1 Å². The summed E-state index contributed by atoms with van der Waals surface area (Å²) < 4.78 is 8.84. The Balaban J connectivity index is 1.68. The molecule has 0 radical (unpaired) electrons. The Morgan fingerprint density at radius 3 is 2.86 bits per heavy atom. The zero-order valence-electron chi connectivity index (χ0n) is 17.1. The van der Waals surface area contributed by atoms with Crippen LogP contribution in [0.15, 0.2) is 35.5 Å². The fourth-order valence-corrected chi connectivity index (χ4v) is 3.67. The van der Waals surface area contributed by atoms with Gasteiger partial charge >= 0.3 is 5.69 Å². The van der Waals surface area contributed by atoms with Crippen LogP contribution in [0.2, 0.25) is 0 Å². The molecule has 1 aliphatic rings. The van der Waals surface area contributed by atoms with E-state index in [0.717, 1.165) is 44.0 Å². The Morgan fingerprint density at radius 2 is 2.03 bits per heavy atom. The number of fused-ring (bicyclic) bond motifs is 1. The Morgan fingerprint density at radius 1 is 1.17 bits per heavy atom. The minimum atomic E-state index is -0.220. The lowest BCUT2D eigenvalue weighted by molar-refractivity contribution is 0.341. The molecule has 0 spiro atoms. The van der Waals surface area contributed by atoms with E-state index in [0.29, 0.717) is 23.5 Å². The third kappa shape index (κ3) is 3.77. The summed E-state index contributed by atoms with van der Waals surface area (Å²) >= 11 is 0. The van der Waals surface area contributed by atoms with E-state index in [1.807, 2.05) is 19.1 Å². The third-order valence-corrected chi connectivity index (χ3v) is 5.31. The molecule has 154 valence electrons. The van der Waals surface area contributed by atoms with Gasteiger partial charge in [0.1, 0.15) is 17.6 Å². The Hall–Kier alpha value is -3.07. The zero-order valence-corrected chi connectivity index (χ0v) is 17.1. The molecule has 1 saturated heterocycles. The number of ether oxygens (including phenoxy) is 1. The van der Waals surface area contributed by atoms with E-state index in [-0.39, 0.29) is 5.69 Å². The highest BCUT2D eigenvalue weighted by molar-refractivity contribution is 5.72. The topological polar surface area (TPSA) is 80.5 Å². The van der Waals surface area contributed by atoms with Crippen LogP contribution in [-0.2, 0) is 7.05 Å². The standard InChI is InChI=1S/C20H27N7O2/c1-4-29-18-12-15(26-9-5-8-24(2)10-11-26)6-7-16(18)23-27-19-17(13-21-14-22-19)25(3)20(27)28/h6-7,12-14,23H,4-5,8-11H2,1-3H3. The van der Waals surface area contributed by atoms with Gasteiger partial charge in [-0.05, 0) is 39.1 Å². The van der Waals surface area contributed by atoms with E-state index >= 15 is 0 Å². The molecule has 1 fully saturated rings. The number of rotatable bonds is 5. The molecule has 3 aromatic rings. The normalized spacial score (nSPS) is 15.5. The van der Waals surface area contributed by atoms with Gasteiger partial charge in [0, 0.05) is 38.4 Å². The number of nitrogens with zero attached hydrogens (tertiary/aromatic N) is 6. The quantitative estimate of drug-likeness (QED) is 0.700.